The lowest BCUT2D eigenvalue weighted by Gasteiger charge is -2.14. The van der Waals surface area contributed by atoms with Crippen LogP contribution in [0.4, 0.5) is 4.39 Å². The zero-order chi connectivity index (χ0) is 13.8. The van der Waals surface area contributed by atoms with Gasteiger partial charge in [0.1, 0.15) is 11.6 Å². The van der Waals surface area contributed by atoms with Crippen LogP contribution in [-0.4, -0.2) is 10.8 Å². The Kier molecular flexibility index (Phi) is 3.92. The van der Waals surface area contributed by atoms with Gasteiger partial charge in [-0.2, -0.15) is 0 Å². The summed E-state index contributed by atoms with van der Waals surface area (Å²) in [5, 5.41) is 17.6. The Labute approximate surface area is 111 Å². The Morgan fingerprint density at radius 1 is 1.16 bits per heavy atom. The van der Waals surface area contributed by atoms with E-state index in [-0.39, 0.29) is 23.4 Å². The van der Waals surface area contributed by atoms with E-state index in [1.54, 1.807) is 42.5 Å². The van der Waals surface area contributed by atoms with Crippen molar-refractivity contribution in [2.75, 3.05) is 0 Å². The summed E-state index contributed by atoms with van der Waals surface area (Å²) in [5.41, 5.74) is 6.88. The van der Waals surface area contributed by atoms with Gasteiger partial charge in [0.2, 0.25) is 0 Å². The van der Waals surface area contributed by atoms with Crippen LogP contribution in [0.25, 0.3) is 0 Å². The topological polar surface area (TPSA) is 70.1 Å². The zero-order valence-electron chi connectivity index (χ0n) is 10.3. The molecule has 0 saturated carbocycles. The zero-order valence-corrected chi connectivity index (χ0v) is 10.3. The minimum atomic E-state index is -0.534. The average molecular weight is 258 g/mol. The van der Waals surface area contributed by atoms with E-state index in [0.29, 0.717) is 5.56 Å². The highest BCUT2D eigenvalue weighted by atomic mass is 19.1. The van der Waals surface area contributed by atoms with Crippen molar-refractivity contribution in [2.24, 2.45) is 5.73 Å². The molecule has 0 fully saturated rings. The number of nitrogens with two attached hydrogens (primary N) is 1. The predicted octanol–water partition coefficient (Wildman–Crippen LogP) is 2.99. The van der Waals surface area contributed by atoms with Gasteiger partial charge in [-0.15, -0.1) is 0 Å². The van der Waals surface area contributed by atoms with Gasteiger partial charge in [0.15, 0.2) is 0 Å². The number of phenols is 1. The molecule has 0 bridgehead atoms. The fraction of sp³-hybridized carbons (Fsp3) is 0.133. The second kappa shape index (κ2) is 5.63. The van der Waals surface area contributed by atoms with Gasteiger partial charge < -0.3 is 16.2 Å². The second-order valence-electron chi connectivity index (χ2n) is 4.33. The minimum Gasteiger partial charge on any atom is -0.508 e. The molecular formula is C15H15FN2O. The number of halogens is 1. The van der Waals surface area contributed by atoms with Crippen LogP contribution in [0.3, 0.4) is 0 Å². The van der Waals surface area contributed by atoms with Crippen LogP contribution in [0, 0.1) is 11.2 Å². The summed E-state index contributed by atoms with van der Waals surface area (Å²) in [4.78, 5) is 0. The van der Waals surface area contributed by atoms with Gasteiger partial charge >= 0.3 is 0 Å². The van der Waals surface area contributed by atoms with Crippen molar-refractivity contribution in [3.05, 3.63) is 65.5 Å². The van der Waals surface area contributed by atoms with E-state index in [4.69, 9.17) is 11.1 Å². The first-order chi connectivity index (χ1) is 9.09. The van der Waals surface area contributed by atoms with Crippen LogP contribution in [0.15, 0.2) is 48.5 Å². The highest BCUT2D eigenvalue weighted by Crippen LogP contribution is 2.25. The summed E-state index contributed by atoms with van der Waals surface area (Å²) in [6.07, 6.45) is 0.165. The molecule has 0 aromatic heterocycles. The molecule has 2 aromatic rings. The third kappa shape index (κ3) is 2.98. The van der Waals surface area contributed by atoms with Crippen LogP contribution >= 0.6 is 0 Å². The molecule has 19 heavy (non-hydrogen) atoms. The number of para-hydroxylation sites is 1. The number of phenolic OH excluding ortho intramolecular Hbond substituents is 1. The molecule has 98 valence electrons. The first-order valence-electron chi connectivity index (χ1n) is 5.95. The molecule has 0 spiro atoms. The summed E-state index contributed by atoms with van der Waals surface area (Å²) >= 11 is 0. The van der Waals surface area contributed by atoms with E-state index >= 15 is 0 Å². The first kappa shape index (κ1) is 13.2. The predicted molar refractivity (Wildman–Crippen MR) is 72.9 cm³/mol. The van der Waals surface area contributed by atoms with Crippen LogP contribution in [0.1, 0.15) is 23.6 Å². The van der Waals surface area contributed by atoms with Crippen molar-refractivity contribution in [2.45, 2.75) is 12.5 Å². The molecule has 0 aliphatic rings. The van der Waals surface area contributed by atoms with Gasteiger partial charge in [-0.3, -0.25) is 0 Å². The Balaban J connectivity index is 2.16. The lowest BCUT2D eigenvalue weighted by molar-refractivity contribution is 0.462. The average Bonchev–Trinajstić information content (AvgIpc) is 2.39. The third-order valence-electron chi connectivity index (χ3n) is 2.96. The van der Waals surface area contributed by atoms with Crippen molar-refractivity contribution in [3.63, 3.8) is 0 Å². The van der Waals surface area contributed by atoms with Gasteiger partial charge in [0, 0.05) is 29.3 Å². The number of nitrogens with one attached hydrogen (secondary N) is 1. The van der Waals surface area contributed by atoms with E-state index in [1.807, 2.05) is 0 Å². The first-order valence-corrected chi connectivity index (χ1v) is 5.95. The second-order valence-corrected chi connectivity index (χ2v) is 4.33. The van der Waals surface area contributed by atoms with Crippen molar-refractivity contribution < 1.29 is 9.50 Å². The van der Waals surface area contributed by atoms with Gasteiger partial charge in [-0.25, -0.2) is 4.39 Å². The van der Waals surface area contributed by atoms with Gasteiger partial charge in [0.25, 0.3) is 0 Å². The molecule has 0 aliphatic carbocycles. The maximum atomic E-state index is 13.5. The monoisotopic (exact) mass is 258 g/mol. The maximum absolute atomic E-state index is 13.5. The lowest BCUT2D eigenvalue weighted by atomic mass is 9.97. The molecule has 2 aromatic carbocycles. The Morgan fingerprint density at radius 3 is 2.47 bits per heavy atom. The Bertz CT molecular complexity index is 598. The molecule has 1 unspecified atom stereocenters. The standard InChI is InChI=1S/C15H15FN2O/c16-12-7-3-1-5-10(12)13(17)9-14(18)11-6-2-4-8-15(11)19/h1-8,14,17,19H,9,18H2. The third-order valence-corrected chi connectivity index (χ3v) is 2.96. The summed E-state index contributed by atoms with van der Waals surface area (Å²) in [6, 6.07) is 12.3. The SMILES string of the molecule is N=C(CC(N)c1ccccc1O)c1ccccc1F. The molecule has 2 rings (SSSR count). The smallest absolute Gasteiger partial charge is 0.132 e. The van der Waals surface area contributed by atoms with E-state index in [9.17, 15) is 9.50 Å². The largest absolute Gasteiger partial charge is 0.508 e. The number of benzene rings is 2. The summed E-state index contributed by atoms with van der Waals surface area (Å²) in [5.74, 6) is -0.340. The molecule has 0 radical (unpaired) electrons. The number of hydrogen-bond donors (Lipinski definition) is 3. The van der Waals surface area contributed by atoms with Crippen molar-refractivity contribution >= 4 is 5.71 Å². The Hall–Kier alpha value is -2.20. The molecule has 0 heterocycles. The van der Waals surface area contributed by atoms with Gasteiger partial charge in [-0.05, 0) is 12.1 Å². The summed E-state index contributed by atoms with van der Waals surface area (Å²) in [7, 11) is 0. The van der Waals surface area contributed by atoms with Crippen LogP contribution in [0.5, 0.6) is 5.75 Å². The quantitative estimate of drug-likeness (QED) is 0.738. The molecule has 0 saturated heterocycles. The normalized spacial score (nSPS) is 12.1. The van der Waals surface area contributed by atoms with E-state index in [2.05, 4.69) is 0 Å². The van der Waals surface area contributed by atoms with Crippen LogP contribution in [-0.2, 0) is 0 Å². The minimum absolute atomic E-state index is 0.0938. The molecule has 3 nitrogen and oxygen atoms in total. The fourth-order valence-electron chi connectivity index (χ4n) is 1.95. The van der Waals surface area contributed by atoms with Gasteiger partial charge in [0.05, 0.1) is 0 Å². The van der Waals surface area contributed by atoms with E-state index < -0.39 is 11.9 Å². The van der Waals surface area contributed by atoms with E-state index in [0.717, 1.165) is 0 Å². The van der Waals surface area contributed by atoms with Crippen molar-refractivity contribution in [1.29, 1.82) is 5.41 Å². The maximum Gasteiger partial charge on any atom is 0.132 e. The number of hydrogen-bond acceptors (Lipinski definition) is 3. The van der Waals surface area contributed by atoms with Crippen molar-refractivity contribution in [1.82, 2.24) is 0 Å². The molecule has 0 amide bonds. The molecule has 1 atom stereocenters. The van der Waals surface area contributed by atoms with Crippen molar-refractivity contribution in [3.8, 4) is 5.75 Å². The lowest BCUT2D eigenvalue weighted by Crippen LogP contribution is -2.16. The molecule has 4 N–H and O–H groups in total. The number of rotatable bonds is 4. The highest BCUT2D eigenvalue weighted by molar-refractivity contribution is 5.98. The summed E-state index contributed by atoms with van der Waals surface area (Å²) in [6.45, 7) is 0. The van der Waals surface area contributed by atoms with E-state index in [1.165, 1.54) is 6.07 Å². The highest BCUT2D eigenvalue weighted by Gasteiger charge is 2.15. The Morgan fingerprint density at radius 2 is 1.79 bits per heavy atom. The summed E-state index contributed by atoms with van der Waals surface area (Å²) < 4.78 is 13.5. The molecule has 0 aliphatic heterocycles. The molecular weight excluding hydrogens is 243 g/mol. The van der Waals surface area contributed by atoms with Crippen LogP contribution in [0.2, 0.25) is 0 Å². The fourth-order valence-corrected chi connectivity index (χ4v) is 1.95. The van der Waals surface area contributed by atoms with Gasteiger partial charge in [-0.1, -0.05) is 36.4 Å². The number of aromatic hydroxyl groups is 1. The molecule has 4 heteroatoms. The van der Waals surface area contributed by atoms with Crippen LogP contribution < -0.4 is 5.73 Å².